The number of carbonyl (C=O) groups is 9. The number of benzene rings is 1. The monoisotopic (exact) mass is 830 g/mol. The van der Waals surface area contributed by atoms with E-state index in [1.807, 2.05) is 0 Å². The molecule has 5 atom stereocenters. The number of amides is 6. The quantitative estimate of drug-likeness (QED) is 0.0605. The average Bonchev–Trinajstić information content (AvgIpc) is 3.64. The fourth-order valence-corrected chi connectivity index (χ4v) is 6.15. The van der Waals surface area contributed by atoms with Crippen LogP contribution >= 0.6 is 0 Å². The van der Waals surface area contributed by atoms with Crippen LogP contribution in [0.3, 0.4) is 0 Å². The van der Waals surface area contributed by atoms with Crippen LogP contribution in [0, 0.1) is 12.3 Å². The zero-order valence-electron chi connectivity index (χ0n) is 33.6. The number of rotatable bonds is 23. The van der Waals surface area contributed by atoms with Crippen LogP contribution in [0.2, 0.25) is 6.32 Å². The van der Waals surface area contributed by atoms with E-state index in [2.05, 4.69) is 26.6 Å². The molecule has 1 saturated heterocycles. The molecular formula is C38H55BN6O14. The molecule has 0 radical (unpaired) electrons. The molecule has 21 heteroatoms. The molecule has 0 aromatic heterocycles. The molecule has 0 spiro atoms. The molecule has 59 heavy (non-hydrogen) atoms. The van der Waals surface area contributed by atoms with Gasteiger partial charge in [-0.3, -0.25) is 43.2 Å². The summed E-state index contributed by atoms with van der Waals surface area (Å²) in [5.41, 5.74) is 0.410. The molecule has 1 aliphatic rings. The third-order valence-electron chi connectivity index (χ3n) is 9.37. The molecule has 10 N–H and O–H groups in total. The maximum absolute atomic E-state index is 14.3. The van der Waals surface area contributed by atoms with Gasteiger partial charge in [-0.25, -0.2) is 0 Å². The fraction of sp³-hybridized carbons (Fsp3) is 0.553. The molecule has 1 aromatic carbocycles. The van der Waals surface area contributed by atoms with Crippen LogP contribution in [0.5, 0.6) is 0 Å². The minimum Gasteiger partial charge on any atom is -0.481 e. The molecule has 0 unspecified atom stereocenters. The van der Waals surface area contributed by atoms with E-state index in [1.54, 1.807) is 52.0 Å². The van der Waals surface area contributed by atoms with Gasteiger partial charge in [0.2, 0.25) is 35.4 Å². The van der Waals surface area contributed by atoms with Crippen molar-refractivity contribution in [2.75, 3.05) is 6.54 Å². The van der Waals surface area contributed by atoms with E-state index in [9.17, 15) is 53.4 Å². The van der Waals surface area contributed by atoms with Gasteiger partial charge in [0.25, 0.3) is 0 Å². The number of nitrogens with one attached hydrogen (secondary N) is 5. The van der Waals surface area contributed by atoms with Gasteiger partial charge in [-0.1, -0.05) is 51.1 Å². The fourth-order valence-electron chi connectivity index (χ4n) is 6.15. The predicted molar refractivity (Wildman–Crippen MR) is 210 cm³/mol. The Balaban J connectivity index is 2.41. The van der Waals surface area contributed by atoms with Crippen LogP contribution in [0.1, 0.15) is 83.3 Å². The zero-order chi connectivity index (χ0) is 44.4. The van der Waals surface area contributed by atoms with E-state index in [0.717, 1.165) is 5.56 Å². The largest absolute Gasteiger partial charge is 0.481 e. The van der Waals surface area contributed by atoms with Crippen molar-refractivity contribution in [1.29, 1.82) is 0 Å². The summed E-state index contributed by atoms with van der Waals surface area (Å²) >= 11 is 0. The molecule has 0 aliphatic carbocycles. The number of aryl methyl sites for hydroxylation is 1. The maximum atomic E-state index is 14.3. The summed E-state index contributed by atoms with van der Waals surface area (Å²) in [6, 6.07) is -0.0871. The Labute approximate surface area is 341 Å². The lowest BCUT2D eigenvalue weighted by molar-refractivity contribution is -0.144. The molecule has 0 saturated carbocycles. The van der Waals surface area contributed by atoms with Crippen molar-refractivity contribution in [3.63, 3.8) is 0 Å². The highest BCUT2D eigenvalue weighted by molar-refractivity contribution is 6.40. The summed E-state index contributed by atoms with van der Waals surface area (Å²) in [7, 11) is -1.50. The van der Waals surface area contributed by atoms with Gasteiger partial charge in [0, 0.05) is 25.8 Å². The van der Waals surface area contributed by atoms with Crippen LogP contribution in [-0.4, -0.2) is 127 Å². The summed E-state index contributed by atoms with van der Waals surface area (Å²) < 4.78 is 0. The Morgan fingerprint density at radius 1 is 0.814 bits per heavy atom. The highest BCUT2D eigenvalue weighted by Crippen LogP contribution is 2.26. The standard InChI is InChI=1S/C38H55BN6O14/c1-22-10-5-6-11-23(22)20-25(43-33(53)24(13-15-29(47)48)42-34(54)26(21-31(51)52)41-28(46)14-16-30(49)50)35(55)44-32(38(2,3)4)37(57)45-19-9-12-27(45)36(56)40-18-8-7-17-39(58)59/h5-6,8,10-11,18,24-27,32,58-59H,7,9,12-17,19-21H2,1-4H3,(H,40,56)(H,41,46)(H,42,54)(H,43,53)(H,44,55)(H,47,48)(H,49,50)(H,51,52)/t24-,25-,26-,27-,32+/m0/s1. The van der Waals surface area contributed by atoms with E-state index < -0.39 is 128 Å². The van der Waals surface area contributed by atoms with Crippen molar-refractivity contribution < 1.29 is 68.5 Å². The normalized spacial score (nSPS) is 15.9. The highest BCUT2D eigenvalue weighted by atomic mass is 16.4. The van der Waals surface area contributed by atoms with E-state index in [4.69, 9.17) is 15.2 Å². The summed E-state index contributed by atoms with van der Waals surface area (Å²) in [5, 5.41) is 58.0. The van der Waals surface area contributed by atoms with Gasteiger partial charge in [-0.2, -0.15) is 0 Å². The number of hydrogen-bond acceptors (Lipinski definition) is 11. The second-order valence-corrected chi connectivity index (χ2v) is 15.3. The minimum absolute atomic E-state index is 0.0563. The molecular weight excluding hydrogens is 775 g/mol. The lowest BCUT2D eigenvalue weighted by Gasteiger charge is -2.36. The molecule has 1 aromatic rings. The van der Waals surface area contributed by atoms with Crippen molar-refractivity contribution in [2.24, 2.45) is 5.41 Å². The molecule has 1 fully saturated rings. The van der Waals surface area contributed by atoms with Crippen LogP contribution in [-0.2, 0) is 49.6 Å². The Bertz CT molecular complexity index is 1730. The average molecular weight is 831 g/mol. The zero-order valence-corrected chi connectivity index (χ0v) is 33.6. The second kappa shape index (κ2) is 23.5. The molecule has 0 bridgehead atoms. The van der Waals surface area contributed by atoms with Gasteiger partial charge < -0.3 is 56.9 Å². The van der Waals surface area contributed by atoms with Crippen LogP contribution < -0.4 is 26.6 Å². The summed E-state index contributed by atoms with van der Waals surface area (Å²) in [5.74, 6) is -9.29. The van der Waals surface area contributed by atoms with E-state index in [1.165, 1.54) is 17.2 Å². The van der Waals surface area contributed by atoms with E-state index >= 15 is 0 Å². The van der Waals surface area contributed by atoms with Gasteiger partial charge in [0.05, 0.1) is 12.8 Å². The van der Waals surface area contributed by atoms with Crippen molar-refractivity contribution >= 4 is 60.5 Å². The molecule has 1 heterocycles. The Kier molecular flexibility index (Phi) is 19.7. The van der Waals surface area contributed by atoms with Gasteiger partial charge in [0.1, 0.15) is 30.2 Å². The Morgan fingerprint density at radius 3 is 2.02 bits per heavy atom. The molecule has 2 rings (SSSR count). The minimum atomic E-state index is -1.79. The van der Waals surface area contributed by atoms with Gasteiger partial charge in [-0.05, 0) is 61.7 Å². The third kappa shape index (κ3) is 17.3. The number of hydrogen-bond donors (Lipinski definition) is 10. The van der Waals surface area contributed by atoms with Crippen molar-refractivity contribution in [3.8, 4) is 0 Å². The first-order chi connectivity index (χ1) is 27.6. The number of carboxylic acid groups (broad SMARTS) is 3. The molecule has 1 aliphatic heterocycles. The number of carboxylic acids is 3. The van der Waals surface area contributed by atoms with Gasteiger partial charge in [-0.15, -0.1) is 0 Å². The first-order valence-electron chi connectivity index (χ1n) is 19.1. The topological polar surface area (TPSA) is 318 Å². The Morgan fingerprint density at radius 2 is 1.42 bits per heavy atom. The molecule has 324 valence electrons. The SMILES string of the molecule is Cc1ccccc1C[C@H](NC(=O)[C@H](CCC(=O)O)NC(=O)[C@H](CC(=O)O)NC(=O)CCC(=O)O)C(=O)N[C@H](C(=O)N1CCC[C@H]1C(=O)NC=CCCB(O)O)C(C)(C)C. The number of allylic oxidation sites excluding steroid dienone is 1. The number of nitrogens with zero attached hydrogens (tertiary/aromatic N) is 1. The van der Waals surface area contributed by atoms with Crippen LogP contribution in [0.4, 0.5) is 0 Å². The van der Waals surface area contributed by atoms with Crippen molar-refractivity contribution in [2.45, 2.75) is 122 Å². The predicted octanol–water partition coefficient (Wildman–Crippen LogP) is -0.789. The Hall–Kier alpha value is -5.83. The first kappa shape index (κ1) is 49.3. The van der Waals surface area contributed by atoms with Crippen LogP contribution in [0.15, 0.2) is 36.5 Å². The highest BCUT2D eigenvalue weighted by Gasteiger charge is 2.43. The van der Waals surface area contributed by atoms with Crippen LogP contribution in [0.25, 0.3) is 0 Å². The number of likely N-dealkylation sites (tertiary alicyclic amines) is 1. The summed E-state index contributed by atoms with van der Waals surface area (Å²) in [4.78, 5) is 116. The third-order valence-corrected chi connectivity index (χ3v) is 9.37. The second-order valence-electron chi connectivity index (χ2n) is 15.3. The molecule has 6 amide bonds. The first-order valence-corrected chi connectivity index (χ1v) is 19.1. The molecule has 20 nitrogen and oxygen atoms in total. The van der Waals surface area contributed by atoms with E-state index in [0.29, 0.717) is 18.4 Å². The summed E-state index contributed by atoms with van der Waals surface area (Å²) in [6.45, 7) is 7.05. The van der Waals surface area contributed by atoms with Crippen molar-refractivity contribution in [1.82, 2.24) is 31.5 Å². The van der Waals surface area contributed by atoms with Gasteiger partial charge in [0.15, 0.2) is 0 Å². The number of carbonyl (C=O) groups excluding carboxylic acids is 6. The lowest BCUT2D eigenvalue weighted by atomic mass is 9.85. The smallest absolute Gasteiger partial charge is 0.451 e. The lowest BCUT2D eigenvalue weighted by Crippen LogP contribution is -2.61. The van der Waals surface area contributed by atoms with Crippen molar-refractivity contribution in [3.05, 3.63) is 47.7 Å². The van der Waals surface area contributed by atoms with Gasteiger partial charge >= 0.3 is 25.0 Å². The van der Waals surface area contributed by atoms with E-state index in [-0.39, 0.29) is 25.7 Å². The maximum Gasteiger partial charge on any atom is 0.451 e. The summed E-state index contributed by atoms with van der Waals surface area (Å²) in [6.07, 6.45) is 0.548. The number of aliphatic carboxylic acids is 3.